The number of rotatable bonds is 2. The Morgan fingerprint density at radius 1 is 0.625 bits per heavy atom. The van der Waals surface area contributed by atoms with E-state index in [-0.39, 0.29) is 11.5 Å². The maximum Gasteiger partial charge on any atom is 0.160 e. The van der Waals surface area contributed by atoms with Crippen LogP contribution in [-0.2, 0) is 0 Å². The third-order valence-electron chi connectivity index (χ3n) is 3.74. The summed E-state index contributed by atoms with van der Waals surface area (Å²) in [4.78, 5) is 13.3. The fraction of sp³-hybridized carbons (Fsp3) is 0. The number of fused-ring (bicyclic) bond motifs is 1. The molecule has 0 aliphatic carbocycles. The van der Waals surface area contributed by atoms with Crippen molar-refractivity contribution >= 4 is 11.0 Å². The van der Waals surface area contributed by atoms with Gasteiger partial charge >= 0.3 is 0 Å². The van der Waals surface area contributed by atoms with E-state index in [2.05, 4.69) is 15.0 Å². The quantitative estimate of drug-likeness (QED) is 0.588. The average Bonchev–Trinajstić information content (AvgIpc) is 2.61. The molecule has 0 saturated carbocycles. The van der Waals surface area contributed by atoms with Crippen molar-refractivity contribution in [2.75, 3.05) is 0 Å². The number of hydrogen-bond donors (Lipinski definition) is 2. The minimum Gasteiger partial charge on any atom is -0.508 e. The molecule has 0 unspecified atom stereocenters. The summed E-state index contributed by atoms with van der Waals surface area (Å²) in [5, 5.41) is 19.0. The van der Waals surface area contributed by atoms with Gasteiger partial charge in [-0.25, -0.2) is 9.97 Å². The van der Waals surface area contributed by atoms with Crippen LogP contribution >= 0.6 is 0 Å². The monoisotopic (exact) mass is 315 g/mol. The molecule has 116 valence electrons. The van der Waals surface area contributed by atoms with Crippen LogP contribution in [0.15, 0.2) is 67.0 Å². The fourth-order valence-corrected chi connectivity index (χ4v) is 2.51. The Labute approximate surface area is 137 Å². The number of aromatic hydroxyl groups is 2. The highest BCUT2D eigenvalue weighted by Crippen LogP contribution is 2.25. The van der Waals surface area contributed by atoms with Crippen LogP contribution in [-0.4, -0.2) is 25.2 Å². The maximum atomic E-state index is 9.61. The van der Waals surface area contributed by atoms with Gasteiger partial charge in [-0.3, -0.25) is 4.98 Å². The molecule has 4 rings (SSSR count). The number of aromatic nitrogens is 3. The van der Waals surface area contributed by atoms with Crippen LogP contribution in [0, 0.1) is 0 Å². The molecular weight excluding hydrogens is 302 g/mol. The first-order valence-corrected chi connectivity index (χ1v) is 7.41. The van der Waals surface area contributed by atoms with Crippen LogP contribution in [0.4, 0.5) is 0 Å². The Morgan fingerprint density at radius 2 is 1.46 bits per heavy atom. The topological polar surface area (TPSA) is 79.1 Å². The zero-order chi connectivity index (χ0) is 16.5. The van der Waals surface area contributed by atoms with E-state index in [1.807, 2.05) is 24.3 Å². The van der Waals surface area contributed by atoms with Gasteiger partial charge < -0.3 is 10.2 Å². The molecule has 0 radical (unpaired) electrons. The Balaban J connectivity index is 1.82. The van der Waals surface area contributed by atoms with Crippen LogP contribution in [0.3, 0.4) is 0 Å². The van der Waals surface area contributed by atoms with Crippen LogP contribution in [0.2, 0.25) is 0 Å². The average molecular weight is 315 g/mol. The van der Waals surface area contributed by atoms with Gasteiger partial charge in [-0.05, 0) is 35.9 Å². The second-order valence-electron chi connectivity index (χ2n) is 5.42. The summed E-state index contributed by atoms with van der Waals surface area (Å²) in [5.41, 5.74) is 4.00. The second-order valence-corrected chi connectivity index (χ2v) is 5.42. The SMILES string of the molecule is Oc1ccc(-c2cnc3cnc(-c4cccc(O)c4)nc3c2)cc1. The van der Waals surface area contributed by atoms with Crippen LogP contribution in [0.1, 0.15) is 0 Å². The molecule has 24 heavy (non-hydrogen) atoms. The van der Waals surface area contributed by atoms with Crippen molar-refractivity contribution in [3.63, 3.8) is 0 Å². The smallest absolute Gasteiger partial charge is 0.160 e. The molecule has 2 aromatic carbocycles. The van der Waals surface area contributed by atoms with E-state index < -0.39 is 0 Å². The summed E-state index contributed by atoms with van der Waals surface area (Å²) < 4.78 is 0. The molecule has 4 aromatic rings. The Morgan fingerprint density at radius 3 is 2.25 bits per heavy atom. The minimum absolute atomic E-state index is 0.173. The number of pyridine rings is 1. The highest BCUT2D eigenvalue weighted by atomic mass is 16.3. The van der Waals surface area contributed by atoms with E-state index >= 15 is 0 Å². The van der Waals surface area contributed by atoms with Crippen molar-refractivity contribution in [1.82, 2.24) is 15.0 Å². The zero-order valence-corrected chi connectivity index (χ0v) is 12.6. The summed E-state index contributed by atoms with van der Waals surface area (Å²) in [5.74, 6) is 0.927. The van der Waals surface area contributed by atoms with Gasteiger partial charge in [-0.2, -0.15) is 0 Å². The predicted octanol–water partition coefficient (Wildman–Crippen LogP) is 3.77. The molecule has 0 atom stereocenters. The van der Waals surface area contributed by atoms with Crippen molar-refractivity contribution in [1.29, 1.82) is 0 Å². The highest BCUT2D eigenvalue weighted by molar-refractivity contribution is 5.81. The Hall–Kier alpha value is -3.47. The van der Waals surface area contributed by atoms with Crippen LogP contribution < -0.4 is 0 Å². The normalized spacial score (nSPS) is 10.8. The highest BCUT2D eigenvalue weighted by Gasteiger charge is 2.07. The Kier molecular flexibility index (Phi) is 3.31. The van der Waals surface area contributed by atoms with Gasteiger partial charge in [-0.1, -0.05) is 24.3 Å². The molecule has 0 aliphatic heterocycles. The van der Waals surface area contributed by atoms with Crippen molar-refractivity contribution in [3.05, 3.63) is 67.0 Å². The van der Waals surface area contributed by atoms with E-state index in [9.17, 15) is 10.2 Å². The molecule has 0 spiro atoms. The van der Waals surface area contributed by atoms with Gasteiger partial charge in [0.25, 0.3) is 0 Å². The molecule has 5 heteroatoms. The molecular formula is C19H13N3O2. The summed E-state index contributed by atoms with van der Waals surface area (Å²) >= 11 is 0. The molecule has 2 aromatic heterocycles. The first-order chi connectivity index (χ1) is 11.7. The number of nitrogens with zero attached hydrogens (tertiary/aromatic N) is 3. The van der Waals surface area contributed by atoms with Crippen molar-refractivity contribution < 1.29 is 10.2 Å². The lowest BCUT2D eigenvalue weighted by atomic mass is 10.1. The van der Waals surface area contributed by atoms with Crippen molar-refractivity contribution in [2.24, 2.45) is 0 Å². The number of hydrogen-bond acceptors (Lipinski definition) is 5. The third-order valence-corrected chi connectivity index (χ3v) is 3.74. The number of phenols is 2. The van der Waals surface area contributed by atoms with E-state index in [0.717, 1.165) is 16.7 Å². The van der Waals surface area contributed by atoms with Crippen molar-refractivity contribution in [3.8, 4) is 34.0 Å². The minimum atomic E-state index is 0.173. The third kappa shape index (κ3) is 2.63. The predicted molar refractivity (Wildman–Crippen MR) is 91.5 cm³/mol. The molecule has 0 saturated heterocycles. The molecule has 2 heterocycles. The maximum absolute atomic E-state index is 9.61. The standard InChI is InChI=1S/C19H13N3O2/c23-15-6-4-12(5-7-15)14-9-17-18(20-10-14)11-21-19(22-17)13-2-1-3-16(24)8-13/h1-11,23-24H. The van der Waals surface area contributed by atoms with Gasteiger partial charge in [0.05, 0.1) is 11.7 Å². The first kappa shape index (κ1) is 14.1. The van der Waals surface area contributed by atoms with Gasteiger partial charge in [0, 0.05) is 17.3 Å². The zero-order valence-electron chi connectivity index (χ0n) is 12.6. The lowest BCUT2D eigenvalue weighted by Crippen LogP contribution is -1.92. The van der Waals surface area contributed by atoms with Gasteiger partial charge in [-0.15, -0.1) is 0 Å². The summed E-state index contributed by atoms with van der Waals surface area (Å²) in [6.07, 6.45) is 3.43. The van der Waals surface area contributed by atoms with E-state index in [1.165, 1.54) is 0 Å². The van der Waals surface area contributed by atoms with Crippen LogP contribution in [0.25, 0.3) is 33.5 Å². The summed E-state index contributed by atoms with van der Waals surface area (Å²) in [7, 11) is 0. The largest absolute Gasteiger partial charge is 0.508 e. The second kappa shape index (κ2) is 5.62. The number of benzene rings is 2. The molecule has 0 amide bonds. The van der Waals surface area contributed by atoms with E-state index in [0.29, 0.717) is 16.9 Å². The lowest BCUT2D eigenvalue weighted by Gasteiger charge is -2.05. The lowest BCUT2D eigenvalue weighted by molar-refractivity contribution is 0.475. The van der Waals surface area contributed by atoms with E-state index in [4.69, 9.17) is 0 Å². The molecule has 2 N–H and O–H groups in total. The number of phenolic OH excluding ortho intramolecular Hbond substituents is 2. The van der Waals surface area contributed by atoms with E-state index in [1.54, 1.807) is 42.7 Å². The van der Waals surface area contributed by atoms with Gasteiger partial charge in [0.2, 0.25) is 0 Å². The molecule has 0 aliphatic rings. The molecule has 5 nitrogen and oxygen atoms in total. The van der Waals surface area contributed by atoms with Crippen LogP contribution in [0.5, 0.6) is 11.5 Å². The fourth-order valence-electron chi connectivity index (χ4n) is 2.51. The van der Waals surface area contributed by atoms with Gasteiger partial charge in [0.1, 0.15) is 17.0 Å². The first-order valence-electron chi connectivity index (χ1n) is 7.41. The summed E-state index contributed by atoms with van der Waals surface area (Å²) in [6, 6.07) is 15.7. The summed E-state index contributed by atoms with van der Waals surface area (Å²) in [6.45, 7) is 0. The molecule has 0 fully saturated rings. The Bertz CT molecular complexity index is 1030. The van der Waals surface area contributed by atoms with Gasteiger partial charge in [0.15, 0.2) is 5.82 Å². The van der Waals surface area contributed by atoms with Crippen molar-refractivity contribution in [2.45, 2.75) is 0 Å². The molecule has 0 bridgehead atoms.